The van der Waals surface area contributed by atoms with Crippen LogP contribution in [0.4, 0.5) is 0 Å². The van der Waals surface area contributed by atoms with Gasteiger partial charge in [0.1, 0.15) is 5.78 Å². The molecule has 0 rings (SSSR count). The highest BCUT2D eigenvalue weighted by molar-refractivity contribution is 5.78. The molecule has 0 aromatic heterocycles. The molecule has 0 heterocycles. The van der Waals surface area contributed by atoms with Gasteiger partial charge < -0.3 is 0 Å². The van der Waals surface area contributed by atoms with Gasteiger partial charge in [-0.25, -0.2) is 0 Å². The largest absolute Gasteiger partial charge is 0.300 e. The molecule has 1 unspecified atom stereocenters. The Balaban J connectivity index is 3.47. The summed E-state index contributed by atoms with van der Waals surface area (Å²) in [4.78, 5) is 11.1. The Hall–Kier alpha value is -0.330. The molecule has 0 amide bonds. The van der Waals surface area contributed by atoms with E-state index < -0.39 is 6.40 Å². The van der Waals surface area contributed by atoms with Gasteiger partial charge in [-0.15, -0.1) is 0 Å². The average molecular weight is 143 g/mol. The van der Waals surface area contributed by atoms with E-state index in [1.54, 1.807) is 0 Å². The third-order valence-electron chi connectivity index (χ3n) is 1.44. The average Bonchev–Trinajstić information content (AvgIpc) is 2.00. The van der Waals surface area contributed by atoms with E-state index in [4.69, 9.17) is 1.37 Å². The van der Waals surface area contributed by atoms with Gasteiger partial charge in [-0.1, -0.05) is 26.7 Å². The predicted molar refractivity (Wildman–Crippen MR) is 44.1 cm³/mol. The number of carbonyl (C=O) groups is 1. The van der Waals surface area contributed by atoms with Gasteiger partial charge in [0.15, 0.2) is 0 Å². The molecule has 0 aliphatic carbocycles. The van der Waals surface area contributed by atoms with E-state index in [1.807, 2.05) is 6.92 Å². The first-order valence-electron chi connectivity index (χ1n) is 4.75. The Bertz CT molecular complexity index is 112. The fourth-order valence-corrected chi connectivity index (χ4v) is 0.758. The zero-order chi connectivity index (χ0) is 8.69. The lowest BCUT2D eigenvalue weighted by molar-refractivity contribution is -0.119. The van der Waals surface area contributed by atoms with Crippen molar-refractivity contribution in [3.8, 4) is 0 Å². The maximum atomic E-state index is 11.1. The molecule has 0 saturated carbocycles. The van der Waals surface area contributed by atoms with Crippen molar-refractivity contribution in [1.82, 2.24) is 0 Å². The van der Waals surface area contributed by atoms with E-state index in [-0.39, 0.29) is 5.78 Å². The smallest absolute Gasteiger partial charge is 0.132 e. The van der Waals surface area contributed by atoms with Gasteiger partial charge in [-0.3, -0.25) is 4.79 Å². The Kier molecular flexibility index (Phi) is 5.27. The van der Waals surface area contributed by atoms with Crippen LogP contribution in [-0.2, 0) is 4.79 Å². The van der Waals surface area contributed by atoms with Crippen LogP contribution < -0.4 is 0 Å². The summed E-state index contributed by atoms with van der Waals surface area (Å²) >= 11 is 0. The molecule has 0 saturated heterocycles. The van der Waals surface area contributed by atoms with E-state index in [0.29, 0.717) is 6.42 Å². The second-order valence-corrected chi connectivity index (χ2v) is 2.56. The third-order valence-corrected chi connectivity index (χ3v) is 1.44. The number of Topliss-reactive ketones (excluding diaryl/α,β-unsaturated/α-hetero) is 1. The Morgan fingerprint density at radius 3 is 2.40 bits per heavy atom. The maximum Gasteiger partial charge on any atom is 0.132 e. The van der Waals surface area contributed by atoms with Crippen LogP contribution in [0.5, 0.6) is 0 Å². The number of unbranched alkanes of at least 4 members (excludes halogenated alkanes) is 1. The fourth-order valence-electron chi connectivity index (χ4n) is 0.758. The van der Waals surface area contributed by atoms with Gasteiger partial charge in [0.05, 0.1) is 0 Å². The van der Waals surface area contributed by atoms with Gasteiger partial charge in [-0.2, -0.15) is 0 Å². The lowest BCUT2D eigenvalue weighted by atomic mass is 10.1. The van der Waals surface area contributed by atoms with E-state index >= 15 is 0 Å². The molecule has 0 spiro atoms. The van der Waals surface area contributed by atoms with Crippen molar-refractivity contribution in [2.75, 3.05) is 0 Å². The van der Waals surface area contributed by atoms with E-state index in [2.05, 4.69) is 6.92 Å². The first-order chi connectivity index (χ1) is 5.22. The molecule has 0 aromatic rings. The molecule has 0 N–H and O–H groups in total. The van der Waals surface area contributed by atoms with Crippen LogP contribution >= 0.6 is 0 Å². The first-order valence-corrected chi connectivity index (χ1v) is 4.17. The second kappa shape index (κ2) is 6.79. The minimum absolute atomic E-state index is 0.119. The molecule has 0 radical (unpaired) electrons. The summed E-state index contributed by atoms with van der Waals surface area (Å²) in [6.07, 6.45) is 3.80. The molecular formula is C9H18O. The minimum atomic E-state index is -0.452. The molecule has 0 aliphatic heterocycles. The molecule has 1 nitrogen and oxygen atoms in total. The van der Waals surface area contributed by atoms with Gasteiger partial charge >= 0.3 is 0 Å². The number of ketones is 1. The van der Waals surface area contributed by atoms with Crippen LogP contribution in [0, 0.1) is 0 Å². The predicted octanol–water partition coefficient (Wildman–Crippen LogP) is 2.94. The van der Waals surface area contributed by atoms with Gasteiger partial charge in [0, 0.05) is 14.2 Å². The van der Waals surface area contributed by atoms with Crippen molar-refractivity contribution in [1.29, 1.82) is 0 Å². The van der Waals surface area contributed by atoms with Crippen molar-refractivity contribution in [2.24, 2.45) is 0 Å². The van der Waals surface area contributed by atoms with Crippen LogP contribution in [0.25, 0.3) is 0 Å². The van der Waals surface area contributed by atoms with Gasteiger partial charge in [-0.05, 0) is 12.8 Å². The molecule has 0 fully saturated rings. The summed E-state index contributed by atoms with van der Waals surface area (Å²) in [5.74, 6) is 0.119. The van der Waals surface area contributed by atoms with Gasteiger partial charge in [0.2, 0.25) is 0 Å². The summed E-state index contributed by atoms with van der Waals surface area (Å²) in [5, 5.41) is 0. The molecular weight excluding hydrogens is 124 g/mol. The van der Waals surface area contributed by atoms with Crippen molar-refractivity contribution in [3.05, 3.63) is 0 Å². The Labute approximate surface area is 65.2 Å². The van der Waals surface area contributed by atoms with Crippen molar-refractivity contribution < 1.29 is 6.17 Å². The highest BCUT2D eigenvalue weighted by atomic mass is 16.1. The van der Waals surface area contributed by atoms with Gasteiger partial charge in [0.25, 0.3) is 0 Å². The van der Waals surface area contributed by atoms with Crippen molar-refractivity contribution in [2.45, 2.75) is 52.3 Å². The van der Waals surface area contributed by atoms with E-state index in [1.165, 1.54) is 0 Å². The molecule has 0 bridgehead atoms. The highest BCUT2D eigenvalue weighted by Gasteiger charge is 1.98. The SMILES string of the molecule is [2H]C(CCC)C(=O)CCCC. The van der Waals surface area contributed by atoms with Crippen LogP contribution in [-0.4, -0.2) is 5.78 Å². The Morgan fingerprint density at radius 2 is 1.90 bits per heavy atom. The number of rotatable bonds is 6. The molecule has 60 valence electrons. The molecule has 1 atom stereocenters. The molecule has 1 heteroatoms. The molecule has 10 heavy (non-hydrogen) atoms. The summed E-state index contributed by atoms with van der Waals surface area (Å²) < 4.78 is 7.41. The second-order valence-electron chi connectivity index (χ2n) is 2.56. The topological polar surface area (TPSA) is 17.1 Å². The van der Waals surface area contributed by atoms with Crippen LogP contribution in [0.15, 0.2) is 0 Å². The molecule has 0 aromatic carbocycles. The summed E-state index contributed by atoms with van der Waals surface area (Å²) in [5.41, 5.74) is 0. The zero-order valence-corrected chi connectivity index (χ0v) is 7.02. The summed E-state index contributed by atoms with van der Waals surface area (Å²) in [7, 11) is 0. The van der Waals surface area contributed by atoms with E-state index in [0.717, 1.165) is 25.7 Å². The summed E-state index contributed by atoms with van der Waals surface area (Å²) in [6.45, 7) is 4.07. The van der Waals surface area contributed by atoms with E-state index in [9.17, 15) is 4.79 Å². The molecule has 0 aliphatic rings. The monoisotopic (exact) mass is 143 g/mol. The van der Waals surface area contributed by atoms with Crippen molar-refractivity contribution >= 4 is 5.78 Å². The minimum Gasteiger partial charge on any atom is -0.300 e. The maximum absolute atomic E-state index is 11.1. The number of hydrogen-bond donors (Lipinski definition) is 0. The highest BCUT2D eigenvalue weighted by Crippen LogP contribution is 2.02. The lowest BCUT2D eigenvalue weighted by Crippen LogP contribution is -1.96. The zero-order valence-electron chi connectivity index (χ0n) is 8.02. The number of hydrogen-bond acceptors (Lipinski definition) is 1. The Morgan fingerprint density at radius 1 is 1.30 bits per heavy atom. The van der Waals surface area contributed by atoms with Crippen LogP contribution in [0.2, 0.25) is 0 Å². The standard InChI is InChI=1S/C9H18O/c1-3-5-7-9(10)8-6-4-2/h3-8H2,1-2H3/i7D. The van der Waals surface area contributed by atoms with Crippen molar-refractivity contribution in [3.63, 3.8) is 0 Å². The fraction of sp³-hybridized carbons (Fsp3) is 0.889. The quantitative estimate of drug-likeness (QED) is 0.558. The summed E-state index contributed by atoms with van der Waals surface area (Å²) in [6, 6.07) is 0. The number of carbonyl (C=O) groups excluding carboxylic acids is 1. The first kappa shape index (κ1) is 7.77. The third kappa shape index (κ3) is 5.80. The lowest BCUT2D eigenvalue weighted by Gasteiger charge is -1.96. The normalized spacial score (nSPS) is 14.4. The van der Waals surface area contributed by atoms with Crippen LogP contribution in [0.3, 0.4) is 0 Å². The van der Waals surface area contributed by atoms with Crippen LogP contribution in [0.1, 0.15) is 53.7 Å².